The normalized spacial score (nSPS) is 20.7. The monoisotopic (exact) mass is 397 g/mol. The molecule has 1 aliphatic carbocycles. The lowest BCUT2D eigenvalue weighted by molar-refractivity contribution is -0.134. The van der Waals surface area contributed by atoms with E-state index in [9.17, 15) is 9.18 Å². The number of hydrogen-bond acceptors (Lipinski definition) is 4. The summed E-state index contributed by atoms with van der Waals surface area (Å²) in [5, 5.41) is 8.93. The zero-order valence-corrected chi connectivity index (χ0v) is 15.7. The fourth-order valence-corrected chi connectivity index (χ4v) is 4.24. The molecular formula is C20H17ClFN5O. The molecule has 2 unspecified atom stereocenters. The number of aromatic nitrogens is 4. The predicted molar refractivity (Wildman–Crippen MR) is 101 cm³/mol. The summed E-state index contributed by atoms with van der Waals surface area (Å²) in [7, 11) is 0. The van der Waals surface area contributed by atoms with E-state index in [2.05, 4.69) is 15.2 Å². The lowest BCUT2D eigenvalue weighted by Gasteiger charge is -2.28. The van der Waals surface area contributed by atoms with Crippen molar-refractivity contribution in [3.05, 3.63) is 65.0 Å². The Balaban J connectivity index is 1.32. The smallest absolute Gasteiger partial charge is 0.226 e. The molecule has 2 aliphatic rings. The SMILES string of the molecule is O=C(C1CC1c1c(F)cccc1Cl)N1CCn2c(nnc2-c2cccnc2)C1. The number of fused-ring (bicyclic) bond motifs is 1. The Morgan fingerprint density at radius 1 is 1.18 bits per heavy atom. The van der Waals surface area contributed by atoms with Crippen LogP contribution in [0.2, 0.25) is 5.02 Å². The van der Waals surface area contributed by atoms with Gasteiger partial charge in [-0.25, -0.2) is 4.39 Å². The minimum Gasteiger partial charge on any atom is -0.333 e. The topological polar surface area (TPSA) is 63.9 Å². The van der Waals surface area contributed by atoms with E-state index in [1.54, 1.807) is 29.4 Å². The molecule has 3 heterocycles. The molecule has 28 heavy (non-hydrogen) atoms. The fraction of sp³-hybridized carbons (Fsp3) is 0.300. The summed E-state index contributed by atoms with van der Waals surface area (Å²) in [6.45, 7) is 1.60. The Morgan fingerprint density at radius 3 is 2.86 bits per heavy atom. The summed E-state index contributed by atoms with van der Waals surface area (Å²) in [4.78, 5) is 18.9. The van der Waals surface area contributed by atoms with Gasteiger partial charge in [0.2, 0.25) is 5.91 Å². The van der Waals surface area contributed by atoms with E-state index in [4.69, 9.17) is 11.6 Å². The Morgan fingerprint density at radius 2 is 2.07 bits per heavy atom. The van der Waals surface area contributed by atoms with Crippen LogP contribution in [-0.4, -0.2) is 37.1 Å². The minimum atomic E-state index is -0.340. The summed E-state index contributed by atoms with van der Waals surface area (Å²) in [6, 6.07) is 8.44. The maximum atomic E-state index is 14.1. The Labute approximate surface area is 166 Å². The highest BCUT2D eigenvalue weighted by Crippen LogP contribution is 2.51. The van der Waals surface area contributed by atoms with Gasteiger partial charge in [0, 0.05) is 53.5 Å². The van der Waals surface area contributed by atoms with Gasteiger partial charge in [0.05, 0.1) is 6.54 Å². The zero-order chi connectivity index (χ0) is 19.3. The van der Waals surface area contributed by atoms with Gasteiger partial charge in [-0.1, -0.05) is 17.7 Å². The number of rotatable bonds is 3. The molecule has 6 nitrogen and oxygen atoms in total. The van der Waals surface area contributed by atoms with Gasteiger partial charge in [-0.2, -0.15) is 0 Å². The Hall–Kier alpha value is -2.80. The predicted octanol–water partition coefficient (Wildman–Crippen LogP) is 3.28. The van der Waals surface area contributed by atoms with Crippen molar-refractivity contribution in [2.45, 2.75) is 25.4 Å². The highest BCUT2D eigenvalue weighted by atomic mass is 35.5. The maximum absolute atomic E-state index is 14.1. The second-order valence-corrected chi connectivity index (χ2v) is 7.58. The molecule has 1 amide bonds. The average molecular weight is 398 g/mol. The van der Waals surface area contributed by atoms with Gasteiger partial charge < -0.3 is 9.47 Å². The molecule has 2 atom stereocenters. The lowest BCUT2D eigenvalue weighted by Crippen LogP contribution is -2.39. The molecule has 8 heteroatoms. The van der Waals surface area contributed by atoms with Crippen LogP contribution in [0.4, 0.5) is 4.39 Å². The molecule has 1 aromatic carbocycles. The number of hydrogen-bond donors (Lipinski definition) is 0. The first-order valence-corrected chi connectivity index (χ1v) is 9.56. The van der Waals surface area contributed by atoms with E-state index < -0.39 is 0 Å². The first-order valence-electron chi connectivity index (χ1n) is 9.18. The molecule has 0 spiro atoms. The standard InChI is InChI=1S/C20H17ClFN5O/c21-15-4-1-5-16(22)18(15)13-9-14(13)20(28)26-7-8-27-17(11-26)24-25-19(27)12-3-2-6-23-10-12/h1-6,10,13-14H,7-9,11H2. The first kappa shape index (κ1) is 17.3. The van der Waals surface area contributed by atoms with Crippen LogP contribution in [0.1, 0.15) is 23.7 Å². The molecule has 142 valence electrons. The van der Waals surface area contributed by atoms with E-state index >= 15 is 0 Å². The second kappa shape index (κ2) is 6.67. The third-order valence-electron chi connectivity index (χ3n) is 5.46. The molecule has 0 saturated heterocycles. The summed E-state index contributed by atoms with van der Waals surface area (Å²) >= 11 is 6.16. The molecule has 0 bridgehead atoms. The number of carbonyl (C=O) groups is 1. The molecule has 0 radical (unpaired) electrons. The molecule has 1 aliphatic heterocycles. The van der Waals surface area contributed by atoms with Crippen LogP contribution in [0, 0.1) is 11.7 Å². The molecule has 5 rings (SSSR count). The quantitative estimate of drug-likeness (QED) is 0.680. The van der Waals surface area contributed by atoms with Crippen molar-refractivity contribution in [1.82, 2.24) is 24.6 Å². The maximum Gasteiger partial charge on any atom is 0.226 e. The van der Waals surface area contributed by atoms with Crippen molar-refractivity contribution in [3.8, 4) is 11.4 Å². The number of carbonyl (C=O) groups excluding carboxylic acids is 1. The van der Waals surface area contributed by atoms with Crippen LogP contribution in [0.15, 0.2) is 42.7 Å². The van der Waals surface area contributed by atoms with Gasteiger partial charge in [-0.3, -0.25) is 9.78 Å². The van der Waals surface area contributed by atoms with Gasteiger partial charge in [-0.15, -0.1) is 10.2 Å². The number of halogens is 2. The van der Waals surface area contributed by atoms with Crippen LogP contribution in [0.5, 0.6) is 0 Å². The summed E-state index contributed by atoms with van der Waals surface area (Å²) in [5.41, 5.74) is 1.36. The fourth-order valence-electron chi connectivity index (χ4n) is 3.94. The second-order valence-electron chi connectivity index (χ2n) is 7.18. The van der Waals surface area contributed by atoms with Crippen LogP contribution in [0.3, 0.4) is 0 Å². The summed E-state index contributed by atoms with van der Waals surface area (Å²) in [6.07, 6.45) is 4.09. The van der Waals surface area contributed by atoms with Crippen molar-refractivity contribution < 1.29 is 9.18 Å². The number of amides is 1. The Kier molecular flexibility index (Phi) is 4.12. The van der Waals surface area contributed by atoms with Gasteiger partial charge in [0.25, 0.3) is 0 Å². The van der Waals surface area contributed by atoms with Crippen LogP contribution < -0.4 is 0 Å². The largest absolute Gasteiger partial charge is 0.333 e. The molecular weight excluding hydrogens is 381 g/mol. The van der Waals surface area contributed by atoms with Crippen molar-refractivity contribution in [3.63, 3.8) is 0 Å². The van der Waals surface area contributed by atoms with Crippen molar-refractivity contribution >= 4 is 17.5 Å². The van der Waals surface area contributed by atoms with Crippen molar-refractivity contribution in [2.24, 2.45) is 5.92 Å². The van der Waals surface area contributed by atoms with E-state index in [1.165, 1.54) is 6.07 Å². The van der Waals surface area contributed by atoms with Crippen molar-refractivity contribution in [2.75, 3.05) is 6.54 Å². The number of nitrogens with zero attached hydrogens (tertiary/aromatic N) is 5. The lowest BCUT2D eigenvalue weighted by atomic mass is 10.1. The molecule has 3 aromatic rings. The first-order chi connectivity index (χ1) is 13.6. The molecule has 1 fully saturated rings. The zero-order valence-electron chi connectivity index (χ0n) is 14.9. The molecule has 2 aromatic heterocycles. The third kappa shape index (κ3) is 2.86. The molecule has 1 saturated carbocycles. The van der Waals surface area contributed by atoms with Crippen LogP contribution in [0.25, 0.3) is 11.4 Å². The Bertz CT molecular complexity index is 1030. The minimum absolute atomic E-state index is 0.0292. The van der Waals surface area contributed by atoms with Crippen LogP contribution >= 0.6 is 11.6 Å². The average Bonchev–Trinajstić information content (AvgIpc) is 3.37. The van der Waals surface area contributed by atoms with Gasteiger partial charge in [0.15, 0.2) is 11.6 Å². The van der Waals surface area contributed by atoms with Crippen LogP contribution in [-0.2, 0) is 17.9 Å². The third-order valence-corrected chi connectivity index (χ3v) is 5.79. The number of benzene rings is 1. The highest BCUT2D eigenvalue weighted by Gasteiger charge is 2.48. The summed E-state index contributed by atoms with van der Waals surface area (Å²) < 4.78 is 16.2. The van der Waals surface area contributed by atoms with E-state index in [-0.39, 0.29) is 23.6 Å². The van der Waals surface area contributed by atoms with Gasteiger partial charge >= 0.3 is 0 Å². The van der Waals surface area contributed by atoms with E-state index in [0.29, 0.717) is 36.6 Å². The van der Waals surface area contributed by atoms with E-state index in [0.717, 1.165) is 17.2 Å². The van der Waals surface area contributed by atoms with Crippen molar-refractivity contribution in [1.29, 1.82) is 0 Å². The summed E-state index contributed by atoms with van der Waals surface area (Å²) in [5.74, 6) is 0.833. The van der Waals surface area contributed by atoms with Gasteiger partial charge in [-0.05, 0) is 30.7 Å². The highest BCUT2D eigenvalue weighted by molar-refractivity contribution is 6.31. The van der Waals surface area contributed by atoms with Gasteiger partial charge in [0.1, 0.15) is 5.82 Å². The van der Waals surface area contributed by atoms with E-state index in [1.807, 2.05) is 16.7 Å². The number of pyridine rings is 1. The molecule has 0 N–H and O–H groups in total.